The Bertz CT molecular complexity index is 572. The van der Waals surface area contributed by atoms with Crippen LogP contribution in [-0.2, 0) is 0 Å². The molecule has 0 saturated carbocycles. The van der Waals surface area contributed by atoms with E-state index in [-0.39, 0.29) is 4.88 Å². The lowest BCUT2D eigenvalue weighted by atomic mass is 10.2. The number of aromatic carboxylic acids is 1. The van der Waals surface area contributed by atoms with Gasteiger partial charge in [0.15, 0.2) is 0 Å². The summed E-state index contributed by atoms with van der Waals surface area (Å²) in [5, 5.41) is 9.84. The fourth-order valence-corrected chi connectivity index (χ4v) is 3.81. The van der Waals surface area contributed by atoms with Gasteiger partial charge < -0.3 is 5.11 Å². The molecule has 17 heavy (non-hydrogen) atoms. The Morgan fingerprint density at radius 2 is 1.82 bits per heavy atom. The smallest absolute Gasteiger partial charge is 0.345 e. The summed E-state index contributed by atoms with van der Waals surface area (Å²) in [6.07, 6.45) is 0. The lowest BCUT2D eigenvalue weighted by Crippen LogP contribution is -1.89. The van der Waals surface area contributed by atoms with Gasteiger partial charge in [-0.05, 0) is 24.3 Å². The lowest BCUT2D eigenvalue weighted by Gasteiger charge is -2.05. The average molecular weight is 352 g/mol. The Balaban J connectivity index is 2.56. The van der Waals surface area contributed by atoms with Crippen molar-refractivity contribution in [2.75, 3.05) is 0 Å². The van der Waals surface area contributed by atoms with Crippen molar-refractivity contribution in [2.45, 2.75) is 0 Å². The summed E-state index contributed by atoms with van der Waals surface area (Å²) in [6.45, 7) is 0. The molecule has 0 bridgehead atoms. The van der Waals surface area contributed by atoms with Gasteiger partial charge >= 0.3 is 5.97 Å². The number of hydrogen-bond acceptors (Lipinski definition) is 2. The molecule has 2 rings (SSSR count). The minimum Gasteiger partial charge on any atom is -0.477 e. The van der Waals surface area contributed by atoms with Crippen molar-refractivity contribution < 1.29 is 9.90 Å². The molecule has 1 heterocycles. The van der Waals surface area contributed by atoms with Crippen LogP contribution in [0.25, 0.3) is 10.4 Å². The highest BCUT2D eigenvalue weighted by Crippen LogP contribution is 2.40. The number of carboxylic acids is 1. The van der Waals surface area contributed by atoms with Crippen LogP contribution in [0, 0.1) is 0 Å². The zero-order chi connectivity index (χ0) is 12.6. The summed E-state index contributed by atoms with van der Waals surface area (Å²) >= 11 is 16.6. The molecule has 2 nitrogen and oxygen atoms in total. The summed E-state index contributed by atoms with van der Waals surface area (Å²) < 4.78 is 0.784. The highest BCUT2D eigenvalue weighted by molar-refractivity contribution is 9.10. The Morgan fingerprint density at radius 3 is 2.29 bits per heavy atom. The molecule has 0 atom stereocenters. The molecule has 0 aliphatic carbocycles. The molecule has 0 radical (unpaired) electrons. The van der Waals surface area contributed by atoms with Crippen LogP contribution in [0.1, 0.15) is 9.67 Å². The zero-order valence-electron chi connectivity index (χ0n) is 8.21. The quantitative estimate of drug-likeness (QED) is 0.809. The third kappa shape index (κ3) is 2.65. The summed E-state index contributed by atoms with van der Waals surface area (Å²) in [5.41, 5.74) is 0.661. The zero-order valence-corrected chi connectivity index (χ0v) is 12.1. The van der Waals surface area contributed by atoms with E-state index in [1.165, 1.54) is 6.07 Å². The second-order valence-electron chi connectivity index (χ2n) is 3.21. The van der Waals surface area contributed by atoms with E-state index >= 15 is 0 Å². The fourth-order valence-electron chi connectivity index (χ4n) is 1.36. The molecule has 88 valence electrons. The van der Waals surface area contributed by atoms with E-state index in [1.54, 1.807) is 18.2 Å². The number of halogens is 3. The lowest BCUT2D eigenvalue weighted by molar-refractivity contribution is 0.0702. The van der Waals surface area contributed by atoms with Gasteiger partial charge in [0.05, 0.1) is 10.0 Å². The molecule has 0 amide bonds. The molecule has 2 aromatic rings. The molecule has 1 N–H and O–H groups in total. The topological polar surface area (TPSA) is 37.3 Å². The predicted molar refractivity (Wildman–Crippen MR) is 74.4 cm³/mol. The summed E-state index contributed by atoms with van der Waals surface area (Å²) in [4.78, 5) is 11.8. The number of hydrogen-bond donors (Lipinski definition) is 1. The molecular formula is C11H5BrCl2O2S. The Hall–Kier alpha value is -0.550. The first-order valence-corrected chi connectivity index (χ1v) is 6.83. The number of carboxylic acid groups (broad SMARTS) is 1. The van der Waals surface area contributed by atoms with Crippen LogP contribution in [-0.4, -0.2) is 11.1 Å². The van der Waals surface area contributed by atoms with Gasteiger partial charge in [0.25, 0.3) is 0 Å². The van der Waals surface area contributed by atoms with E-state index in [9.17, 15) is 4.79 Å². The van der Waals surface area contributed by atoms with Crippen LogP contribution >= 0.6 is 50.5 Å². The van der Waals surface area contributed by atoms with Crippen LogP contribution in [0.15, 0.2) is 28.7 Å². The fraction of sp³-hybridized carbons (Fsp3) is 0. The average Bonchev–Trinajstić information content (AvgIpc) is 2.65. The van der Waals surface area contributed by atoms with Gasteiger partial charge in [-0.15, -0.1) is 11.3 Å². The Morgan fingerprint density at radius 1 is 1.24 bits per heavy atom. The van der Waals surface area contributed by atoms with E-state index < -0.39 is 5.97 Å². The van der Waals surface area contributed by atoms with Crippen LogP contribution in [0.5, 0.6) is 0 Å². The van der Waals surface area contributed by atoms with Crippen LogP contribution in [0.3, 0.4) is 0 Å². The molecule has 0 saturated heterocycles. The maximum absolute atomic E-state index is 10.8. The molecule has 0 aliphatic heterocycles. The van der Waals surface area contributed by atoms with E-state index in [0.717, 1.165) is 20.7 Å². The van der Waals surface area contributed by atoms with Crippen molar-refractivity contribution in [3.05, 3.63) is 43.7 Å². The molecule has 0 aliphatic rings. The normalized spacial score (nSPS) is 10.5. The third-order valence-electron chi connectivity index (χ3n) is 2.07. The molecule has 0 spiro atoms. The largest absolute Gasteiger partial charge is 0.477 e. The van der Waals surface area contributed by atoms with Crippen LogP contribution < -0.4 is 0 Å². The van der Waals surface area contributed by atoms with Gasteiger partial charge in [-0.1, -0.05) is 39.1 Å². The highest BCUT2D eigenvalue weighted by atomic mass is 79.9. The van der Waals surface area contributed by atoms with Gasteiger partial charge in [-0.25, -0.2) is 4.79 Å². The third-order valence-corrected chi connectivity index (χ3v) is 4.21. The van der Waals surface area contributed by atoms with Gasteiger partial charge in [-0.2, -0.15) is 0 Å². The summed E-state index contributed by atoms with van der Waals surface area (Å²) in [5.74, 6) is -0.953. The van der Waals surface area contributed by atoms with Gasteiger partial charge in [-0.3, -0.25) is 0 Å². The van der Waals surface area contributed by atoms with Crippen molar-refractivity contribution in [3.8, 4) is 10.4 Å². The van der Waals surface area contributed by atoms with Crippen LogP contribution in [0.4, 0.5) is 0 Å². The van der Waals surface area contributed by atoms with Crippen molar-refractivity contribution in [3.63, 3.8) is 0 Å². The second-order valence-corrected chi connectivity index (χ2v) is 6.03. The standard InChI is InChI=1S/C11H5BrCl2O2S/c12-5-3-6(13)10(7(14)4-5)8-1-2-9(17-8)11(15)16/h1-4H,(H,15,16). The van der Waals surface area contributed by atoms with Crippen molar-refractivity contribution in [2.24, 2.45) is 0 Å². The molecule has 1 aromatic carbocycles. The van der Waals surface area contributed by atoms with E-state index in [0.29, 0.717) is 15.6 Å². The van der Waals surface area contributed by atoms with Crippen molar-refractivity contribution in [1.29, 1.82) is 0 Å². The number of rotatable bonds is 2. The minimum absolute atomic E-state index is 0.259. The van der Waals surface area contributed by atoms with Gasteiger partial charge in [0.2, 0.25) is 0 Å². The summed E-state index contributed by atoms with van der Waals surface area (Å²) in [6, 6.07) is 6.69. The Kier molecular flexibility index (Phi) is 3.78. The minimum atomic E-state index is -0.953. The van der Waals surface area contributed by atoms with Crippen LogP contribution in [0.2, 0.25) is 10.0 Å². The first kappa shape index (κ1) is 12.9. The molecular weight excluding hydrogens is 347 g/mol. The van der Waals surface area contributed by atoms with Crippen molar-refractivity contribution >= 4 is 56.4 Å². The molecule has 0 fully saturated rings. The predicted octanol–water partition coefficient (Wildman–Crippen LogP) is 5.18. The molecule has 1 aromatic heterocycles. The first-order chi connectivity index (χ1) is 7.99. The van der Waals surface area contributed by atoms with Gasteiger partial charge in [0, 0.05) is 14.9 Å². The van der Waals surface area contributed by atoms with E-state index in [4.69, 9.17) is 28.3 Å². The number of thiophene rings is 1. The number of benzene rings is 1. The maximum atomic E-state index is 10.8. The first-order valence-electron chi connectivity index (χ1n) is 4.47. The second kappa shape index (κ2) is 4.98. The van der Waals surface area contributed by atoms with E-state index in [2.05, 4.69) is 15.9 Å². The molecule has 6 heteroatoms. The van der Waals surface area contributed by atoms with Gasteiger partial charge in [0.1, 0.15) is 4.88 Å². The monoisotopic (exact) mass is 350 g/mol. The Labute approximate surface area is 120 Å². The summed E-state index contributed by atoms with van der Waals surface area (Å²) in [7, 11) is 0. The maximum Gasteiger partial charge on any atom is 0.345 e. The SMILES string of the molecule is O=C(O)c1ccc(-c2c(Cl)cc(Br)cc2Cl)s1. The molecule has 0 unspecified atom stereocenters. The van der Waals surface area contributed by atoms with Crippen molar-refractivity contribution in [1.82, 2.24) is 0 Å². The van der Waals surface area contributed by atoms with E-state index in [1.807, 2.05) is 0 Å². The highest BCUT2D eigenvalue weighted by Gasteiger charge is 2.14. The number of carbonyl (C=O) groups is 1.